The highest BCUT2D eigenvalue weighted by Crippen LogP contribution is 2.09. The molecule has 0 aliphatic heterocycles. The first-order valence-corrected chi connectivity index (χ1v) is 6.23. The number of thioether (sulfide) groups is 1. The summed E-state index contributed by atoms with van der Waals surface area (Å²) in [5.41, 5.74) is 2.09. The minimum atomic E-state index is -0.144. The molecule has 16 heavy (non-hydrogen) atoms. The lowest BCUT2D eigenvalue weighted by atomic mass is 10.3. The van der Waals surface area contributed by atoms with Crippen molar-refractivity contribution in [1.29, 1.82) is 0 Å². The first kappa shape index (κ1) is 12.9. The van der Waals surface area contributed by atoms with Crippen molar-refractivity contribution in [2.75, 3.05) is 18.1 Å². The minimum absolute atomic E-state index is 0.144. The molecule has 0 unspecified atom stereocenters. The molecule has 0 aliphatic rings. The van der Waals surface area contributed by atoms with Gasteiger partial charge in [-0.2, -0.15) is 11.8 Å². The van der Waals surface area contributed by atoms with E-state index in [0.717, 1.165) is 17.9 Å². The average molecular weight is 240 g/mol. The number of carbonyl (C=O) groups is 1. The molecular formula is C11H16N2O2S. The Kier molecular flexibility index (Phi) is 6.44. The van der Waals surface area contributed by atoms with Gasteiger partial charge in [0.05, 0.1) is 12.4 Å². The van der Waals surface area contributed by atoms with Crippen LogP contribution < -0.4 is 16.0 Å². The van der Waals surface area contributed by atoms with Gasteiger partial charge in [-0.05, 0) is 24.3 Å². The maximum Gasteiger partial charge on any atom is 0.243 e. The number of carbonyl (C=O) groups excluding carboxylic acids is 1. The number of nitrogens with two attached hydrogens (primary N) is 1. The number of amides is 1. The molecule has 1 aromatic carbocycles. The van der Waals surface area contributed by atoms with Crippen LogP contribution in [-0.2, 0) is 4.79 Å². The van der Waals surface area contributed by atoms with Gasteiger partial charge in [0.2, 0.25) is 5.91 Å². The highest BCUT2D eigenvalue weighted by atomic mass is 32.2. The van der Waals surface area contributed by atoms with Gasteiger partial charge in [-0.3, -0.25) is 10.2 Å². The monoisotopic (exact) mass is 240 g/mol. The maximum atomic E-state index is 10.8. The lowest BCUT2D eigenvalue weighted by Crippen LogP contribution is -2.31. The fraction of sp³-hybridized carbons (Fsp3) is 0.364. The summed E-state index contributed by atoms with van der Waals surface area (Å²) in [5.74, 6) is 6.98. The van der Waals surface area contributed by atoms with E-state index in [4.69, 9.17) is 10.6 Å². The summed E-state index contributed by atoms with van der Waals surface area (Å²) in [4.78, 5) is 10.8. The summed E-state index contributed by atoms with van der Waals surface area (Å²) in [7, 11) is 0. The Hall–Kier alpha value is -1.20. The third-order valence-electron chi connectivity index (χ3n) is 1.84. The average Bonchev–Trinajstić information content (AvgIpc) is 2.34. The van der Waals surface area contributed by atoms with Crippen LogP contribution in [0.4, 0.5) is 0 Å². The van der Waals surface area contributed by atoms with Crippen LogP contribution >= 0.6 is 11.8 Å². The van der Waals surface area contributed by atoms with Crippen molar-refractivity contribution in [2.24, 2.45) is 5.84 Å². The molecule has 3 N–H and O–H groups in total. The Morgan fingerprint density at radius 2 is 2.12 bits per heavy atom. The van der Waals surface area contributed by atoms with E-state index >= 15 is 0 Å². The Morgan fingerprint density at radius 1 is 1.38 bits per heavy atom. The normalized spacial score (nSPS) is 9.81. The number of benzene rings is 1. The quantitative estimate of drug-likeness (QED) is 0.325. The van der Waals surface area contributed by atoms with Gasteiger partial charge >= 0.3 is 0 Å². The second-order valence-corrected chi connectivity index (χ2v) is 4.24. The van der Waals surface area contributed by atoms with Crippen molar-refractivity contribution in [3.8, 4) is 5.75 Å². The van der Waals surface area contributed by atoms with Gasteiger partial charge in [0, 0.05) is 0 Å². The molecule has 1 rings (SSSR count). The Labute approximate surface area is 99.5 Å². The van der Waals surface area contributed by atoms with Crippen LogP contribution in [0.2, 0.25) is 0 Å². The van der Waals surface area contributed by atoms with Crippen LogP contribution in [0.25, 0.3) is 0 Å². The second kappa shape index (κ2) is 8.01. The van der Waals surface area contributed by atoms with E-state index in [-0.39, 0.29) is 5.91 Å². The van der Waals surface area contributed by atoms with Crippen LogP contribution in [0.1, 0.15) is 6.42 Å². The summed E-state index contributed by atoms with van der Waals surface area (Å²) in [6.07, 6.45) is 0.914. The summed E-state index contributed by atoms with van der Waals surface area (Å²) < 4.78 is 5.50. The number of nitrogens with one attached hydrogen (secondary N) is 1. The van der Waals surface area contributed by atoms with Crippen LogP contribution in [0.15, 0.2) is 30.3 Å². The van der Waals surface area contributed by atoms with E-state index in [1.807, 2.05) is 30.3 Å². The molecule has 0 aromatic heterocycles. The van der Waals surface area contributed by atoms with Crippen LogP contribution in [-0.4, -0.2) is 24.0 Å². The van der Waals surface area contributed by atoms with Gasteiger partial charge in [-0.25, -0.2) is 5.84 Å². The van der Waals surface area contributed by atoms with E-state index in [0.29, 0.717) is 12.4 Å². The number of hydrogen-bond donors (Lipinski definition) is 2. The zero-order valence-corrected chi connectivity index (χ0v) is 9.83. The molecule has 0 atom stereocenters. The Morgan fingerprint density at radius 3 is 2.81 bits per heavy atom. The lowest BCUT2D eigenvalue weighted by Gasteiger charge is -2.05. The van der Waals surface area contributed by atoms with Gasteiger partial charge in [0.1, 0.15) is 5.75 Å². The highest BCUT2D eigenvalue weighted by Gasteiger charge is 1.98. The summed E-state index contributed by atoms with van der Waals surface area (Å²) in [5, 5.41) is 0. The van der Waals surface area contributed by atoms with Crippen molar-refractivity contribution in [3.63, 3.8) is 0 Å². The first-order valence-electron chi connectivity index (χ1n) is 5.08. The topological polar surface area (TPSA) is 64.3 Å². The molecule has 5 heteroatoms. The maximum absolute atomic E-state index is 10.8. The van der Waals surface area contributed by atoms with Crippen molar-refractivity contribution in [1.82, 2.24) is 5.43 Å². The van der Waals surface area contributed by atoms with Crippen molar-refractivity contribution in [3.05, 3.63) is 30.3 Å². The molecule has 0 saturated heterocycles. The third kappa shape index (κ3) is 5.63. The lowest BCUT2D eigenvalue weighted by molar-refractivity contribution is -0.118. The Bertz CT molecular complexity index is 306. The molecule has 0 saturated carbocycles. The van der Waals surface area contributed by atoms with Gasteiger partial charge < -0.3 is 4.74 Å². The zero-order chi connectivity index (χ0) is 11.6. The summed E-state index contributed by atoms with van der Waals surface area (Å²) in [6, 6.07) is 9.68. The van der Waals surface area contributed by atoms with Gasteiger partial charge in [0.25, 0.3) is 0 Å². The molecule has 0 spiro atoms. The minimum Gasteiger partial charge on any atom is -0.494 e. The van der Waals surface area contributed by atoms with E-state index in [2.05, 4.69) is 5.43 Å². The fourth-order valence-electron chi connectivity index (χ4n) is 1.07. The summed E-state index contributed by atoms with van der Waals surface area (Å²) in [6.45, 7) is 0.668. The third-order valence-corrected chi connectivity index (χ3v) is 2.88. The van der Waals surface area contributed by atoms with Crippen LogP contribution in [0, 0.1) is 0 Å². The van der Waals surface area contributed by atoms with Crippen molar-refractivity contribution in [2.45, 2.75) is 6.42 Å². The number of hydrazine groups is 1. The first-order chi connectivity index (χ1) is 7.83. The molecule has 1 amide bonds. The van der Waals surface area contributed by atoms with Crippen molar-refractivity contribution < 1.29 is 9.53 Å². The molecule has 0 aliphatic carbocycles. The van der Waals surface area contributed by atoms with E-state index < -0.39 is 0 Å². The number of para-hydroxylation sites is 1. The smallest absolute Gasteiger partial charge is 0.243 e. The zero-order valence-electron chi connectivity index (χ0n) is 9.02. The molecule has 88 valence electrons. The van der Waals surface area contributed by atoms with Crippen molar-refractivity contribution >= 4 is 17.7 Å². The molecule has 1 aromatic rings. The second-order valence-electron chi connectivity index (χ2n) is 3.14. The van der Waals surface area contributed by atoms with Gasteiger partial charge in [-0.1, -0.05) is 18.2 Å². The van der Waals surface area contributed by atoms with Gasteiger partial charge in [0.15, 0.2) is 0 Å². The van der Waals surface area contributed by atoms with E-state index in [1.54, 1.807) is 11.8 Å². The molecule has 0 bridgehead atoms. The van der Waals surface area contributed by atoms with Crippen LogP contribution in [0.3, 0.4) is 0 Å². The number of rotatable bonds is 7. The fourth-order valence-corrected chi connectivity index (χ4v) is 1.81. The molecular weight excluding hydrogens is 224 g/mol. The largest absolute Gasteiger partial charge is 0.494 e. The molecule has 4 nitrogen and oxygen atoms in total. The Balaban J connectivity index is 1.98. The van der Waals surface area contributed by atoms with Gasteiger partial charge in [-0.15, -0.1) is 0 Å². The standard InChI is InChI=1S/C11H16N2O2S/c12-13-11(14)9-16-8-4-7-15-10-5-2-1-3-6-10/h1-3,5-6H,4,7-9,12H2,(H,13,14). The predicted octanol–water partition coefficient (Wildman–Crippen LogP) is 1.18. The molecule has 0 radical (unpaired) electrons. The predicted molar refractivity (Wildman–Crippen MR) is 66.2 cm³/mol. The summed E-state index contributed by atoms with van der Waals surface area (Å²) >= 11 is 1.55. The molecule has 0 heterocycles. The SMILES string of the molecule is NNC(=O)CSCCCOc1ccccc1. The molecule has 0 fully saturated rings. The highest BCUT2D eigenvalue weighted by molar-refractivity contribution is 7.99. The number of hydrogen-bond acceptors (Lipinski definition) is 4. The van der Waals surface area contributed by atoms with E-state index in [9.17, 15) is 4.79 Å². The van der Waals surface area contributed by atoms with Crippen LogP contribution in [0.5, 0.6) is 5.75 Å². The number of ether oxygens (including phenoxy) is 1. The van der Waals surface area contributed by atoms with E-state index in [1.165, 1.54) is 0 Å².